The summed E-state index contributed by atoms with van der Waals surface area (Å²) in [6, 6.07) is 15.5. The monoisotopic (exact) mass is 432 g/mol. The summed E-state index contributed by atoms with van der Waals surface area (Å²) in [5, 5.41) is 0. The highest BCUT2D eigenvalue weighted by atomic mass is 19.2. The molecular weight excluding hydrogens is 405 g/mol. The Labute approximate surface area is 188 Å². The maximum Gasteiger partial charge on any atom is 0.166 e. The SMILES string of the molecule is C/C=C/C1CC=C(c2ccc(-c3ccc(-c4ccc(CC)c(F)c4F)cc3)c(F)c2)CC1. The number of allylic oxidation sites excluding steroid dienone is 4. The first kappa shape index (κ1) is 22.1. The summed E-state index contributed by atoms with van der Waals surface area (Å²) in [6.45, 7) is 3.83. The molecule has 4 rings (SSSR count). The van der Waals surface area contributed by atoms with Gasteiger partial charge in [-0.25, -0.2) is 13.2 Å². The first-order valence-corrected chi connectivity index (χ1v) is 11.2. The van der Waals surface area contributed by atoms with Crippen LogP contribution in [0.4, 0.5) is 13.2 Å². The molecule has 0 aromatic heterocycles. The Morgan fingerprint density at radius 3 is 2.09 bits per heavy atom. The van der Waals surface area contributed by atoms with Crippen LogP contribution >= 0.6 is 0 Å². The highest BCUT2D eigenvalue weighted by Gasteiger charge is 2.16. The number of hydrogen-bond donors (Lipinski definition) is 0. The first-order valence-electron chi connectivity index (χ1n) is 11.2. The van der Waals surface area contributed by atoms with Crippen molar-refractivity contribution in [3.05, 3.63) is 101 Å². The predicted octanol–water partition coefficient (Wildman–Crippen LogP) is 8.76. The van der Waals surface area contributed by atoms with Crippen molar-refractivity contribution in [2.75, 3.05) is 0 Å². The van der Waals surface area contributed by atoms with Crippen LogP contribution in [0.3, 0.4) is 0 Å². The third kappa shape index (κ3) is 4.43. The van der Waals surface area contributed by atoms with Crippen LogP contribution < -0.4 is 0 Å². The molecule has 3 heteroatoms. The lowest BCUT2D eigenvalue weighted by molar-refractivity contribution is 0.502. The summed E-state index contributed by atoms with van der Waals surface area (Å²) in [7, 11) is 0. The van der Waals surface area contributed by atoms with Gasteiger partial charge >= 0.3 is 0 Å². The lowest BCUT2D eigenvalue weighted by atomic mass is 9.86. The van der Waals surface area contributed by atoms with E-state index in [4.69, 9.17) is 0 Å². The fourth-order valence-electron chi connectivity index (χ4n) is 4.43. The summed E-state index contributed by atoms with van der Waals surface area (Å²) in [5.74, 6) is -1.35. The molecule has 0 amide bonds. The van der Waals surface area contributed by atoms with Gasteiger partial charge in [-0.15, -0.1) is 0 Å². The molecule has 0 fully saturated rings. The van der Waals surface area contributed by atoms with Crippen molar-refractivity contribution in [2.45, 2.75) is 39.5 Å². The standard InChI is InChI=1S/C29H27F3/c1-3-5-19-6-8-21(9-7-19)24-15-16-25(27(30)18-24)22-10-12-23(13-11-22)26-17-14-20(4-2)28(31)29(26)32/h3,5,8,10-19H,4,6-7,9H2,1-2H3/b5-3+. The molecule has 3 aromatic carbocycles. The zero-order valence-corrected chi connectivity index (χ0v) is 18.5. The Kier molecular flexibility index (Phi) is 6.64. The van der Waals surface area contributed by atoms with Gasteiger partial charge in [-0.2, -0.15) is 0 Å². The second-order valence-electron chi connectivity index (χ2n) is 8.32. The molecule has 0 nitrogen and oxygen atoms in total. The topological polar surface area (TPSA) is 0 Å². The van der Waals surface area contributed by atoms with E-state index in [0.29, 0.717) is 34.6 Å². The molecule has 0 spiro atoms. The summed E-state index contributed by atoms with van der Waals surface area (Å²) in [6.07, 6.45) is 9.99. The molecule has 0 saturated carbocycles. The molecular formula is C29H27F3. The Bertz CT molecular complexity index is 1170. The van der Waals surface area contributed by atoms with E-state index in [9.17, 15) is 13.2 Å². The molecule has 1 atom stereocenters. The minimum absolute atomic E-state index is 0.211. The van der Waals surface area contributed by atoms with E-state index in [0.717, 1.165) is 24.8 Å². The Morgan fingerprint density at radius 1 is 0.844 bits per heavy atom. The summed E-state index contributed by atoms with van der Waals surface area (Å²) >= 11 is 0. The maximum absolute atomic E-state index is 15.0. The van der Waals surface area contributed by atoms with Gasteiger partial charge in [-0.1, -0.05) is 73.7 Å². The van der Waals surface area contributed by atoms with Gasteiger partial charge in [0.25, 0.3) is 0 Å². The zero-order chi connectivity index (χ0) is 22.7. The average molecular weight is 433 g/mol. The van der Waals surface area contributed by atoms with E-state index in [1.54, 1.807) is 55.5 Å². The van der Waals surface area contributed by atoms with Crippen LogP contribution in [-0.2, 0) is 6.42 Å². The fourth-order valence-corrected chi connectivity index (χ4v) is 4.43. The molecule has 1 unspecified atom stereocenters. The lowest BCUT2D eigenvalue weighted by Crippen LogP contribution is -2.02. The molecule has 164 valence electrons. The van der Waals surface area contributed by atoms with E-state index >= 15 is 0 Å². The van der Waals surface area contributed by atoms with E-state index in [-0.39, 0.29) is 11.4 Å². The second kappa shape index (κ2) is 9.60. The van der Waals surface area contributed by atoms with Crippen LogP contribution in [0.5, 0.6) is 0 Å². The van der Waals surface area contributed by atoms with Crippen LogP contribution in [0.1, 0.15) is 44.2 Å². The van der Waals surface area contributed by atoms with Gasteiger partial charge < -0.3 is 0 Å². The molecule has 0 N–H and O–H groups in total. The second-order valence-corrected chi connectivity index (χ2v) is 8.32. The van der Waals surface area contributed by atoms with Crippen molar-refractivity contribution < 1.29 is 13.2 Å². The molecule has 0 saturated heterocycles. The average Bonchev–Trinajstić information content (AvgIpc) is 2.82. The van der Waals surface area contributed by atoms with Crippen LogP contribution in [-0.4, -0.2) is 0 Å². The Balaban J connectivity index is 1.57. The number of hydrogen-bond acceptors (Lipinski definition) is 0. The zero-order valence-electron chi connectivity index (χ0n) is 18.5. The van der Waals surface area contributed by atoms with Crippen LogP contribution in [0.15, 0.2) is 72.8 Å². The largest absolute Gasteiger partial charge is 0.206 e. The normalized spacial score (nSPS) is 16.4. The highest BCUT2D eigenvalue weighted by molar-refractivity contribution is 5.74. The fraction of sp³-hybridized carbons (Fsp3) is 0.241. The van der Waals surface area contributed by atoms with Gasteiger partial charge in [-0.05, 0) is 72.4 Å². The van der Waals surface area contributed by atoms with Crippen molar-refractivity contribution >= 4 is 5.57 Å². The molecule has 1 aliphatic rings. The molecule has 0 aliphatic heterocycles. The molecule has 32 heavy (non-hydrogen) atoms. The third-order valence-electron chi connectivity index (χ3n) is 6.31. The lowest BCUT2D eigenvalue weighted by Gasteiger charge is -2.20. The third-order valence-corrected chi connectivity index (χ3v) is 6.31. The molecule has 0 bridgehead atoms. The summed E-state index contributed by atoms with van der Waals surface area (Å²) in [4.78, 5) is 0. The maximum atomic E-state index is 15.0. The predicted molar refractivity (Wildman–Crippen MR) is 127 cm³/mol. The molecule has 0 heterocycles. The van der Waals surface area contributed by atoms with Crippen molar-refractivity contribution in [2.24, 2.45) is 5.92 Å². The van der Waals surface area contributed by atoms with E-state index in [2.05, 4.69) is 18.2 Å². The van der Waals surface area contributed by atoms with E-state index < -0.39 is 11.6 Å². The quantitative estimate of drug-likeness (QED) is 0.354. The van der Waals surface area contributed by atoms with Crippen LogP contribution in [0.25, 0.3) is 27.8 Å². The van der Waals surface area contributed by atoms with Gasteiger partial charge in [-0.3, -0.25) is 0 Å². The van der Waals surface area contributed by atoms with Crippen LogP contribution in [0.2, 0.25) is 0 Å². The number of halogens is 3. The number of aryl methyl sites for hydroxylation is 1. The molecule has 0 radical (unpaired) electrons. The van der Waals surface area contributed by atoms with Gasteiger partial charge in [0, 0.05) is 11.1 Å². The minimum atomic E-state index is -0.843. The van der Waals surface area contributed by atoms with Crippen molar-refractivity contribution in [1.82, 2.24) is 0 Å². The number of benzene rings is 3. The summed E-state index contributed by atoms with van der Waals surface area (Å²) in [5.41, 5.74) is 4.45. The van der Waals surface area contributed by atoms with Gasteiger partial charge in [0.15, 0.2) is 11.6 Å². The Hall–Kier alpha value is -3.07. The van der Waals surface area contributed by atoms with E-state index in [1.165, 1.54) is 5.57 Å². The van der Waals surface area contributed by atoms with Gasteiger partial charge in [0.05, 0.1) is 0 Å². The highest BCUT2D eigenvalue weighted by Crippen LogP contribution is 2.34. The smallest absolute Gasteiger partial charge is 0.166 e. The molecule has 3 aromatic rings. The first-order chi connectivity index (χ1) is 15.5. The van der Waals surface area contributed by atoms with Gasteiger partial charge in [0.2, 0.25) is 0 Å². The Morgan fingerprint density at radius 2 is 1.50 bits per heavy atom. The van der Waals surface area contributed by atoms with Crippen molar-refractivity contribution in [1.29, 1.82) is 0 Å². The summed E-state index contributed by atoms with van der Waals surface area (Å²) < 4.78 is 43.6. The minimum Gasteiger partial charge on any atom is -0.206 e. The molecule has 1 aliphatic carbocycles. The van der Waals surface area contributed by atoms with Gasteiger partial charge in [0.1, 0.15) is 5.82 Å². The van der Waals surface area contributed by atoms with E-state index in [1.807, 2.05) is 13.0 Å². The van der Waals surface area contributed by atoms with Crippen LogP contribution in [0, 0.1) is 23.4 Å². The number of rotatable bonds is 5. The van der Waals surface area contributed by atoms with Crippen molar-refractivity contribution in [3.8, 4) is 22.3 Å². The van der Waals surface area contributed by atoms with Crippen molar-refractivity contribution in [3.63, 3.8) is 0 Å².